The van der Waals surface area contributed by atoms with Gasteiger partial charge in [0.15, 0.2) is 12.3 Å². The van der Waals surface area contributed by atoms with Crippen molar-refractivity contribution < 1.29 is 24.4 Å². The summed E-state index contributed by atoms with van der Waals surface area (Å²) in [6.07, 6.45) is 12.3. The normalized spacial score (nSPS) is 17.7. The Morgan fingerprint density at radius 1 is 0.729 bits per heavy atom. The zero-order valence-electron chi connectivity index (χ0n) is 28.3. The predicted molar refractivity (Wildman–Crippen MR) is 196 cm³/mol. The van der Waals surface area contributed by atoms with Crippen molar-refractivity contribution in [2.45, 2.75) is 58.3 Å². The Balaban J connectivity index is 1.35. The molecular formula is C42H43N2O4+. The number of para-hydroxylation sites is 1. The van der Waals surface area contributed by atoms with Crippen LogP contribution in [0.4, 0.5) is 11.4 Å². The van der Waals surface area contributed by atoms with Crippen LogP contribution in [0.25, 0.3) is 21.5 Å². The van der Waals surface area contributed by atoms with Crippen molar-refractivity contribution in [2.24, 2.45) is 0 Å². The first-order valence-electron chi connectivity index (χ1n) is 16.6. The van der Waals surface area contributed by atoms with Gasteiger partial charge in [-0.05, 0) is 60.7 Å². The largest absolute Gasteiger partial charge is 0.481 e. The van der Waals surface area contributed by atoms with Gasteiger partial charge in [0.25, 0.3) is 0 Å². The van der Waals surface area contributed by atoms with Gasteiger partial charge in [0.2, 0.25) is 5.69 Å². The molecule has 0 unspecified atom stereocenters. The van der Waals surface area contributed by atoms with Crippen molar-refractivity contribution in [3.8, 4) is 0 Å². The Hall–Kier alpha value is -5.23. The first-order valence-corrected chi connectivity index (χ1v) is 16.6. The Kier molecular flexibility index (Phi) is 8.69. The highest BCUT2D eigenvalue weighted by Gasteiger charge is 2.48. The highest BCUT2D eigenvalue weighted by molar-refractivity contribution is 6.19. The summed E-state index contributed by atoms with van der Waals surface area (Å²) >= 11 is 0. The number of nitrogens with zero attached hydrogens (tertiary/aromatic N) is 2. The maximum atomic E-state index is 11.8. The quantitative estimate of drug-likeness (QED) is 0.103. The van der Waals surface area contributed by atoms with Crippen molar-refractivity contribution in [3.63, 3.8) is 0 Å². The summed E-state index contributed by atoms with van der Waals surface area (Å²) in [5.41, 5.74) is 7.20. The lowest BCUT2D eigenvalue weighted by atomic mass is 9.76. The molecule has 0 fully saturated rings. The number of benzene rings is 4. The third-order valence-electron chi connectivity index (χ3n) is 9.87. The van der Waals surface area contributed by atoms with Gasteiger partial charge < -0.3 is 15.1 Å². The van der Waals surface area contributed by atoms with Gasteiger partial charge in [0.05, 0.1) is 17.2 Å². The second-order valence-corrected chi connectivity index (χ2v) is 13.7. The summed E-state index contributed by atoms with van der Waals surface area (Å²) in [6, 6.07) is 25.2. The number of rotatable bonds is 10. The number of carboxylic acids is 2. The first kappa shape index (κ1) is 32.7. The van der Waals surface area contributed by atoms with Crippen LogP contribution in [0.1, 0.15) is 58.6 Å². The van der Waals surface area contributed by atoms with Gasteiger partial charge >= 0.3 is 11.9 Å². The maximum Gasteiger partial charge on any atom is 0.309 e. The molecule has 4 aromatic carbocycles. The molecule has 2 aliphatic heterocycles. The molecule has 0 radical (unpaired) electrons. The SMILES string of the molecule is C\C(=C/C=C/C=C/C=C1\N(CCC(=O)O)c2ccccc2C1(C)C)C1=[N+](CCC(=O)O)c2c(c3ccccc3c3ccccc23)C1(C)C. The molecule has 48 heavy (non-hydrogen) atoms. The van der Waals surface area contributed by atoms with Crippen LogP contribution in [0.15, 0.2) is 121 Å². The molecule has 4 aromatic rings. The smallest absolute Gasteiger partial charge is 0.309 e. The molecule has 2 heterocycles. The second-order valence-electron chi connectivity index (χ2n) is 13.7. The number of hydrogen-bond donors (Lipinski definition) is 2. The van der Waals surface area contributed by atoms with E-state index in [1.165, 1.54) is 27.3 Å². The molecule has 0 bridgehead atoms. The summed E-state index contributed by atoms with van der Waals surface area (Å²) in [4.78, 5) is 25.4. The maximum absolute atomic E-state index is 11.8. The standard InChI is InChI=1S/C42H42N2O4/c1-28(16-8-6-7-9-23-35-41(2,3)33-21-14-15-22-34(33)43(35)26-24-36(45)46)40-42(4,5)38-31-19-12-10-17-29(31)30-18-11-13-20-32(30)39(38)44(40)27-25-37(47)48/h6-23H,24-27H2,1-5H3,(H-,45,46,47,48)/p+1. The molecule has 0 atom stereocenters. The van der Waals surface area contributed by atoms with Gasteiger partial charge in [-0.2, -0.15) is 4.58 Å². The van der Waals surface area contributed by atoms with E-state index in [0.29, 0.717) is 13.1 Å². The van der Waals surface area contributed by atoms with Crippen LogP contribution in [0, 0.1) is 0 Å². The van der Waals surface area contributed by atoms with E-state index in [4.69, 9.17) is 0 Å². The van der Waals surface area contributed by atoms with Gasteiger partial charge in [0, 0.05) is 34.5 Å². The van der Waals surface area contributed by atoms with E-state index in [1.54, 1.807) is 0 Å². The molecule has 0 amide bonds. The Morgan fingerprint density at radius 2 is 1.31 bits per heavy atom. The predicted octanol–water partition coefficient (Wildman–Crippen LogP) is 9.06. The zero-order chi connectivity index (χ0) is 34.2. The summed E-state index contributed by atoms with van der Waals surface area (Å²) in [5, 5.41) is 23.8. The van der Waals surface area contributed by atoms with Gasteiger partial charge in [-0.25, -0.2) is 0 Å². The molecule has 0 aliphatic carbocycles. The number of allylic oxidation sites excluding steroid dienone is 8. The van der Waals surface area contributed by atoms with Crippen LogP contribution in [-0.2, 0) is 20.4 Å². The fourth-order valence-electron chi connectivity index (χ4n) is 7.88. The second kappa shape index (κ2) is 12.8. The Labute approximate surface area is 282 Å². The minimum atomic E-state index is -0.818. The minimum absolute atomic E-state index is 0.0321. The summed E-state index contributed by atoms with van der Waals surface area (Å²) < 4.78 is 2.24. The summed E-state index contributed by atoms with van der Waals surface area (Å²) in [5.74, 6) is -1.63. The van der Waals surface area contributed by atoms with Crippen molar-refractivity contribution in [3.05, 3.63) is 132 Å². The third kappa shape index (κ3) is 5.66. The average molecular weight is 640 g/mol. The number of aliphatic carboxylic acids is 2. The topological polar surface area (TPSA) is 80.9 Å². The van der Waals surface area contributed by atoms with E-state index in [2.05, 4.69) is 117 Å². The van der Waals surface area contributed by atoms with E-state index < -0.39 is 11.9 Å². The monoisotopic (exact) mass is 639 g/mol. The molecule has 244 valence electrons. The lowest BCUT2D eigenvalue weighted by molar-refractivity contribution is -0.435. The van der Waals surface area contributed by atoms with Crippen molar-refractivity contribution in [2.75, 3.05) is 18.0 Å². The van der Waals surface area contributed by atoms with Crippen molar-refractivity contribution in [1.29, 1.82) is 0 Å². The minimum Gasteiger partial charge on any atom is -0.481 e. The molecular weight excluding hydrogens is 596 g/mol. The van der Waals surface area contributed by atoms with Crippen LogP contribution in [0.3, 0.4) is 0 Å². The van der Waals surface area contributed by atoms with Crippen LogP contribution in [0.5, 0.6) is 0 Å². The van der Waals surface area contributed by atoms with E-state index in [9.17, 15) is 19.8 Å². The van der Waals surface area contributed by atoms with Crippen molar-refractivity contribution >= 4 is 50.6 Å². The van der Waals surface area contributed by atoms with Crippen LogP contribution >= 0.6 is 0 Å². The van der Waals surface area contributed by atoms with E-state index in [0.717, 1.165) is 33.7 Å². The summed E-state index contributed by atoms with van der Waals surface area (Å²) in [7, 11) is 0. The molecule has 2 aliphatic rings. The van der Waals surface area contributed by atoms with Crippen LogP contribution in [-0.4, -0.2) is 45.5 Å². The molecule has 0 saturated carbocycles. The fraction of sp³-hybridized carbons (Fsp3) is 0.262. The first-order chi connectivity index (χ1) is 22.9. The van der Waals surface area contributed by atoms with E-state index in [1.807, 2.05) is 36.4 Å². The Bertz CT molecular complexity index is 2110. The number of hydrogen-bond acceptors (Lipinski definition) is 3. The van der Waals surface area contributed by atoms with Crippen molar-refractivity contribution in [1.82, 2.24) is 0 Å². The van der Waals surface area contributed by atoms with Gasteiger partial charge in [-0.1, -0.05) is 105 Å². The average Bonchev–Trinajstić information content (AvgIpc) is 3.43. The number of anilines is 1. The zero-order valence-corrected chi connectivity index (χ0v) is 28.3. The lowest BCUT2D eigenvalue weighted by Crippen LogP contribution is -2.31. The molecule has 0 spiro atoms. The lowest BCUT2D eigenvalue weighted by Gasteiger charge is -2.26. The highest BCUT2D eigenvalue weighted by Crippen LogP contribution is 2.50. The summed E-state index contributed by atoms with van der Waals surface area (Å²) in [6.45, 7) is 11.7. The number of fused-ring (bicyclic) bond motifs is 7. The molecule has 6 nitrogen and oxygen atoms in total. The number of carbonyl (C=O) groups is 2. The Morgan fingerprint density at radius 3 is 2.00 bits per heavy atom. The highest BCUT2D eigenvalue weighted by atomic mass is 16.4. The third-order valence-corrected chi connectivity index (χ3v) is 9.87. The van der Waals surface area contributed by atoms with Gasteiger partial charge in [-0.15, -0.1) is 0 Å². The molecule has 0 saturated heterocycles. The van der Waals surface area contributed by atoms with Crippen LogP contribution in [0.2, 0.25) is 0 Å². The van der Waals surface area contributed by atoms with Gasteiger partial charge in [0.1, 0.15) is 6.42 Å². The van der Waals surface area contributed by atoms with E-state index in [-0.39, 0.29) is 23.7 Å². The van der Waals surface area contributed by atoms with Crippen LogP contribution < -0.4 is 4.90 Å². The van der Waals surface area contributed by atoms with E-state index >= 15 is 0 Å². The molecule has 0 aromatic heterocycles. The molecule has 2 N–H and O–H groups in total. The number of carboxylic acid groups (broad SMARTS) is 2. The molecule has 6 heteroatoms. The molecule has 6 rings (SSSR count). The van der Waals surface area contributed by atoms with Gasteiger partial charge in [-0.3, -0.25) is 9.59 Å². The fourth-order valence-corrected chi connectivity index (χ4v) is 7.88.